The third-order valence-corrected chi connectivity index (χ3v) is 4.86. The van der Waals surface area contributed by atoms with Gasteiger partial charge in [0.05, 0.1) is 12.5 Å². The Morgan fingerprint density at radius 1 is 1.00 bits per heavy atom. The summed E-state index contributed by atoms with van der Waals surface area (Å²) in [5.74, 6) is 1.38. The van der Waals surface area contributed by atoms with Crippen molar-refractivity contribution >= 4 is 27.4 Å². The molecule has 0 aliphatic heterocycles. The fourth-order valence-corrected chi connectivity index (χ4v) is 3.63. The number of nitrogens with zero attached hydrogens (tertiary/aromatic N) is 4. The van der Waals surface area contributed by atoms with Crippen molar-refractivity contribution in [3.8, 4) is 22.5 Å². The second-order valence-corrected chi connectivity index (χ2v) is 6.35. The van der Waals surface area contributed by atoms with Gasteiger partial charge in [0.15, 0.2) is 11.6 Å². The average molecular weight is 348 g/mol. The Kier molecular flexibility index (Phi) is 4.13. The molecule has 3 aromatic heterocycles. The summed E-state index contributed by atoms with van der Waals surface area (Å²) in [4.78, 5) is 20.0. The molecule has 0 atom stereocenters. The minimum absolute atomic E-state index is 0.640. The van der Waals surface area contributed by atoms with Gasteiger partial charge in [-0.25, -0.2) is 15.0 Å². The number of thiophene rings is 1. The fourth-order valence-electron chi connectivity index (χ4n) is 2.69. The average Bonchev–Trinajstić information content (AvgIpc) is 3.12. The molecule has 5 nitrogen and oxygen atoms in total. The predicted octanol–water partition coefficient (Wildman–Crippen LogP) is 4.42. The largest absolute Gasteiger partial charge is 0.276 e. The first-order valence-corrected chi connectivity index (χ1v) is 8.69. The first kappa shape index (κ1) is 15.7. The predicted molar refractivity (Wildman–Crippen MR) is 101 cm³/mol. The highest BCUT2D eigenvalue weighted by Crippen LogP contribution is 2.39. The van der Waals surface area contributed by atoms with Crippen LogP contribution in [0.25, 0.3) is 32.7 Å². The lowest BCUT2D eigenvalue weighted by molar-refractivity contribution is 0.183. The lowest BCUT2D eigenvalue weighted by Gasteiger charge is -2.17. The second kappa shape index (κ2) is 6.58. The van der Waals surface area contributed by atoms with E-state index in [-0.39, 0.29) is 0 Å². The summed E-state index contributed by atoms with van der Waals surface area (Å²) in [6.07, 6.45) is 3.51. The highest BCUT2D eigenvalue weighted by Gasteiger charge is 2.18. The van der Waals surface area contributed by atoms with Crippen molar-refractivity contribution in [2.75, 3.05) is 19.2 Å². The molecule has 0 bridgehead atoms. The van der Waals surface area contributed by atoms with E-state index in [4.69, 9.17) is 14.8 Å². The van der Waals surface area contributed by atoms with Crippen molar-refractivity contribution in [3.05, 3.63) is 60.2 Å². The zero-order valence-electron chi connectivity index (χ0n) is 13.9. The summed E-state index contributed by atoms with van der Waals surface area (Å²) < 4.78 is 0. The number of pyridine rings is 1. The zero-order chi connectivity index (χ0) is 17.2. The molecule has 6 heteroatoms. The standard InChI is InChI=1S/C19H16N4OS/c1-23(24-2)18-16-15(13-7-4-3-5-8-13)12-25-19(16)22-17(21-18)14-9-6-10-20-11-14/h3-12H,1-2H3. The van der Waals surface area contributed by atoms with Gasteiger partial charge in [0.2, 0.25) is 0 Å². The molecule has 0 N–H and O–H groups in total. The molecule has 0 amide bonds. The minimum atomic E-state index is 0.640. The molecule has 0 spiro atoms. The Morgan fingerprint density at radius 3 is 2.52 bits per heavy atom. The fraction of sp³-hybridized carbons (Fsp3) is 0.105. The van der Waals surface area contributed by atoms with Crippen LogP contribution in [0.5, 0.6) is 0 Å². The van der Waals surface area contributed by atoms with Crippen LogP contribution in [0.15, 0.2) is 60.2 Å². The normalized spacial score (nSPS) is 11.0. The van der Waals surface area contributed by atoms with Crippen molar-refractivity contribution in [2.24, 2.45) is 0 Å². The third kappa shape index (κ3) is 2.86. The van der Waals surface area contributed by atoms with Gasteiger partial charge in [0.1, 0.15) is 4.83 Å². The van der Waals surface area contributed by atoms with Gasteiger partial charge in [-0.2, -0.15) is 0 Å². The first-order valence-electron chi connectivity index (χ1n) is 7.81. The molecular weight excluding hydrogens is 332 g/mol. The van der Waals surface area contributed by atoms with E-state index in [2.05, 4.69) is 22.5 Å². The summed E-state index contributed by atoms with van der Waals surface area (Å²) in [7, 11) is 3.48. The van der Waals surface area contributed by atoms with Crippen LogP contribution in [0.2, 0.25) is 0 Å². The molecule has 4 aromatic rings. The first-order chi connectivity index (χ1) is 12.3. The number of benzene rings is 1. The van der Waals surface area contributed by atoms with E-state index in [1.54, 1.807) is 35.9 Å². The van der Waals surface area contributed by atoms with E-state index in [0.717, 1.165) is 32.7 Å². The quantitative estimate of drug-likeness (QED) is 0.511. The molecule has 0 saturated heterocycles. The van der Waals surface area contributed by atoms with Crippen LogP contribution in [0.4, 0.5) is 5.82 Å². The SMILES string of the molecule is CON(C)c1nc(-c2cccnc2)nc2scc(-c3ccccc3)c12. The molecular formula is C19H16N4OS. The van der Waals surface area contributed by atoms with Gasteiger partial charge in [-0.05, 0) is 17.7 Å². The van der Waals surface area contributed by atoms with Gasteiger partial charge in [0.25, 0.3) is 0 Å². The van der Waals surface area contributed by atoms with Crippen LogP contribution in [0, 0.1) is 0 Å². The van der Waals surface area contributed by atoms with Crippen molar-refractivity contribution in [1.82, 2.24) is 15.0 Å². The minimum Gasteiger partial charge on any atom is -0.276 e. The van der Waals surface area contributed by atoms with Crippen molar-refractivity contribution in [1.29, 1.82) is 0 Å². The molecule has 25 heavy (non-hydrogen) atoms. The summed E-state index contributed by atoms with van der Waals surface area (Å²) in [6, 6.07) is 14.1. The Hall–Kier alpha value is -2.83. The van der Waals surface area contributed by atoms with Gasteiger partial charge in [-0.1, -0.05) is 30.3 Å². The number of hydrogen-bond acceptors (Lipinski definition) is 6. The van der Waals surface area contributed by atoms with Crippen molar-refractivity contribution in [2.45, 2.75) is 0 Å². The number of aromatic nitrogens is 3. The van der Waals surface area contributed by atoms with E-state index < -0.39 is 0 Å². The molecule has 4 rings (SSSR count). The van der Waals surface area contributed by atoms with Crippen LogP contribution in [-0.4, -0.2) is 29.1 Å². The van der Waals surface area contributed by atoms with Crippen LogP contribution < -0.4 is 5.06 Å². The molecule has 0 fully saturated rings. The number of fused-ring (bicyclic) bond motifs is 1. The monoisotopic (exact) mass is 348 g/mol. The smallest absolute Gasteiger partial charge is 0.165 e. The van der Waals surface area contributed by atoms with Crippen LogP contribution in [-0.2, 0) is 4.84 Å². The Bertz CT molecular complexity index is 1000. The number of anilines is 1. The number of rotatable bonds is 4. The van der Waals surface area contributed by atoms with Gasteiger partial charge >= 0.3 is 0 Å². The topological polar surface area (TPSA) is 51.1 Å². The highest BCUT2D eigenvalue weighted by atomic mass is 32.1. The van der Waals surface area contributed by atoms with Gasteiger partial charge in [-0.15, -0.1) is 11.3 Å². The highest BCUT2D eigenvalue weighted by molar-refractivity contribution is 7.17. The number of hydroxylamine groups is 1. The van der Waals surface area contributed by atoms with E-state index in [1.165, 1.54) is 0 Å². The number of hydrogen-bond donors (Lipinski definition) is 0. The molecule has 0 aliphatic carbocycles. The van der Waals surface area contributed by atoms with E-state index in [9.17, 15) is 0 Å². The zero-order valence-corrected chi connectivity index (χ0v) is 14.7. The third-order valence-electron chi connectivity index (χ3n) is 3.99. The Labute approximate surface area is 149 Å². The van der Waals surface area contributed by atoms with E-state index in [1.807, 2.05) is 37.4 Å². The maximum Gasteiger partial charge on any atom is 0.165 e. The second-order valence-electron chi connectivity index (χ2n) is 5.49. The summed E-state index contributed by atoms with van der Waals surface area (Å²) in [5, 5.41) is 4.78. The van der Waals surface area contributed by atoms with Crippen LogP contribution in [0.1, 0.15) is 0 Å². The molecule has 124 valence electrons. The van der Waals surface area contributed by atoms with E-state index >= 15 is 0 Å². The van der Waals surface area contributed by atoms with Crippen molar-refractivity contribution < 1.29 is 4.84 Å². The van der Waals surface area contributed by atoms with Gasteiger partial charge < -0.3 is 0 Å². The molecule has 3 heterocycles. The summed E-state index contributed by atoms with van der Waals surface area (Å²) >= 11 is 1.61. The summed E-state index contributed by atoms with van der Waals surface area (Å²) in [6.45, 7) is 0. The Balaban J connectivity index is 1.98. The molecule has 0 aliphatic rings. The van der Waals surface area contributed by atoms with Crippen molar-refractivity contribution in [3.63, 3.8) is 0 Å². The molecule has 1 aromatic carbocycles. The van der Waals surface area contributed by atoms with Gasteiger partial charge in [-0.3, -0.25) is 9.82 Å². The lowest BCUT2D eigenvalue weighted by Crippen LogP contribution is -2.17. The lowest BCUT2D eigenvalue weighted by atomic mass is 10.1. The maximum atomic E-state index is 5.43. The van der Waals surface area contributed by atoms with Crippen LogP contribution in [0.3, 0.4) is 0 Å². The summed E-state index contributed by atoms with van der Waals surface area (Å²) in [5.41, 5.74) is 3.12. The van der Waals surface area contributed by atoms with Crippen LogP contribution >= 0.6 is 11.3 Å². The molecule has 0 radical (unpaired) electrons. The maximum absolute atomic E-state index is 5.43. The molecule has 0 saturated carbocycles. The van der Waals surface area contributed by atoms with E-state index in [0.29, 0.717) is 5.82 Å². The van der Waals surface area contributed by atoms with Gasteiger partial charge in [0, 0.05) is 35.9 Å². The molecule has 0 unspecified atom stereocenters. The Morgan fingerprint density at radius 2 is 1.80 bits per heavy atom.